The first kappa shape index (κ1) is 23.3. The summed E-state index contributed by atoms with van der Waals surface area (Å²) < 4.78 is 9.74. The van der Waals surface area contributed by atoms with Crippen LogP contribution in [0.4, 0.5) is 5.69 Å². The first-order valence-electron chi connectivity index (χ1n) is 10.6. The second-order valence-electron chi connectivity index (χ2n) is 7.47. The molecule has 0 bridgehead atoms. The third-order valence-corrected chi connectivity index (χ3v) is 5.31. The summed E-state index contributed by atoms with van der Waals surface area (Å²) in [6, 6.07) is 17.0. The van der Waals surface area contributed by atoms with Gasteiger partial charge >= 0.3 is 11.9 Å². The van der Waals surface area contributed by atoms with Crippen LogP contribution in [0.25, 0.3) is 0 Å². The van der Waals surface area contributed by atoms with E-state index in [0.29, 0.717) is 5.56 Å². The number of benzene rings is 3. The molecule has 3 aromatic rings. The van der Waals surface area contributed by atoms with Gasteiger partial charge in [-0.05, 0) is 30.3 Å². The maximum atomic E-state index is 13.1. The molecule has 35 heavy (non-hydrogen) atoms. The fraction of sp³-hybridized carbons (Fsp3) is 0.0741. The van der Waals surface area contributed by atoms with E-state index in [-0.39, 0.29) is 58.3 Å². The third kappa shape index (κ3) is 4.77. The van der Waals surface area contributed by atoms with Gasteiger partial charge in [0.25, 0.3) is 5.91 Å². The van der Waals surface area contributed by atoms with Gasteiger partial charge in [-0.25, -0.2) is 9.59 Å². The van der Waals surface area contributed by atoms with Crippen molar-refractivity contribution < 1.29 is 33.4 Å². The Balaban J connectivity index is 1.46. The second kappa shape index (κ2) is 9.96. The molecule has 0 spiro atoms. The van der Waals surface area contributed by atoms with Crippen molar-refractivity contribution in [1.29, 1.82) is 0 Å². The summed E-state index contributed by atoms with van der Waals surface area (Å²) in [7, 11) is 0. The number of esters is 2. The molecule has 0 unspecified atom stereocenters. The summed E-state index contributed by atoms with van der Waals surface area (Å²) in [5, 5.41) is 2.69. The average molecular weight is 469 g/mol. The molecule has 1 aliphatic carbocycles. The highest BCUT2D eigenvalue weighted by Crippen LogP contribution is 2.32. The molecular weight excluding hydrogens is 450 g/mol. The second-order valence-corrected chi connectivity index (χ2v) is 7.47. The molecule has 0 saturated carbocycles. The van der Waals surface area contributed by atoms with Crippen molar-refractivity contribution in [3.8, 4) is 0 Å². The van der Waals surface area contributed by atoms with Crippen LogP contribution >= 0.6 is 0 Å². The number of nitrogens with one attached hydrogen (secondary N) is 1. The molecule has 4 rings (SSSR count). The molecule has 0 atom stereocenters. The predicted octanol–water partition coefficient (Wildman–Crippen LogP) is 3.60. The molecule has 1 N–H and O–H groups in total. The van der Waals surface area contributed by atoms with Crippen LogP contribution < -0.4 is 5.32 Å². The maximum Gasteiger partial charge on any atom is 0.338 e. The van der Waals surface area contributed by atoms with Crippen molar-refractivity contribution in [3.63, 3.8) is 0 Å². The van der Waals surface area contributed by atoms with E-state index in [0.717, 1.165) is 6.08 Å². The molecule has 8 heteroatoms. The molecule has 1 amide bonds. The number of rotatable bonds is 7. The lowest BCUT2D eigenvalue weighted by Crippen LogP contribution is -2.24. The minimum Gasteiger partial charge on any atom is -0.459 e. The number of fused-ring (bicyclic) bond motifs is 2. The first-order valence-corrected chi connectivity index (χ1v) is 10.6. The van der Waals surface area contributed by atoms with E-state index in [1.165, 1.54) is 24.3 Å². The number of carbonyl (C=O) groups is 5. The third-order valence-electron chi connectivity index (χ3n) is 5.31. The van der Waals surface area contributed by atoms with E-state index >= 15 is 0 Å². The number of carbonyl (C=O) groups excluding carboxylic acids is 5. The van der Waals surface area contributed by atoms with E-state index in [1.807, 2.05) is 0 Å². The van der Waals surface area contributed by atoms with Crippen molar-refractivity contribution in [3.05, 3.63) is 113 Å². The van der Waals surface area contributed by atoms with Gasteiger partial charge in [0.15, 0.2) is 11.6 Å². The van der Waals surface area contributed by atoms with E-state index in [2.05, 4.69) is 11.9 Å². The van der Waals surface area contributed by atoms with Crippen LogP contribution in [-0.4, -0.2) is 42.6 Å². The lowest BCUT2D eigenvalue weighted by atomic mass is 9.83. The Hall–Kier alpha value is -4.85. The van der Waals surface area contributed by atoms with Gasteiger partial charge in [-0.2, -0.15) is 0 Å². The van der Waals surface area contributed by atoms with Gasteiger partial charge in [0.05, 0.1) is 16.8 Å². The van der Waals surface area contributed by atoms with Crippen LogP contribution in [0.1, 0.15) is 52.6 Å². The van der Waals surface area contributed by atoms with Crippen molar-refractivity contribution in [2.24, 2.45) is 0 Å². The number of anilines is 1. The fourth-order valence-electron chi connectivity index (χ4n) is 3.62. The minimum absolute atomic E-state index is 0.107. The Labute approximate surface area is 200 Å². The number of hydrogen-bond acceptors (Lipinski definition) is 7. The molecule has 0 aromatic heterocycles. The summed E-state index contributed by atoms with van der Waals surface area (Å²) in [6.45, 7) is 3.03. The number of hydrogen-bond donors (Lipinski definition) is 1. The minimum atomic E-state index is -0.647. The zero-order valence-electron chi connectivity index (χ0n) is 18.4. The topological polar surface area (TPSA) is 116 Å². The van der Waals surface area contributed by atoms with E-state index in [9.17, 15) is 24.0 Å². The Kier molecular flexibility index (Phi) is 6.64. The normalized spacial score (nSPS) is 11.7. The first-order chi connectivity index (χ1) is 16.9. The predicted molar refractivity (Wildman–Crippen MR) is 126 cm³/mol. The number of ether oxygens (including phenoxy) is 2. The van der Waals surface area contributed by atoms with Crippen molar-refractivity contribution in [2.45, 2.75) is 0 Å². The molecule has 0 saturated heterocycles. The Morgan fingerprint density at radius 1 is 0.743 bits per heavy atom. The molecule has 0 heterocycles. The van der Waals surface area contributed by atoms with Gasteiger partial charge in [-0.1, -0.05) is 43.0 Å². The summed E-state index contributed by atoms with van der Waals surface area (Å²) in [5.74, 6) is -2.41. The summed E-state index contributed by atoms with van der Waals surface area (Å²) in [6.07, 6.45) is 1.00. The van der Waals surface area contributed by atoms with Crippen LogP contribution in [-0.2, 0) is 14.3 Å². The zero-order valence-corrected chi connectivity index (χ0v) is 18.4. The van der Waals surface area contributed by atoms with Gasteiger partial charge in [-0.15, -0.1) is 0 Å². The monoisotopic (exact) mass is 469 g/mol. The van der Waals surface area contributed by atoms with Gasteiger partial charge in [0, 0.05) is 28.3 Å². The Morgan fingerprint density at radius 3 is 2.03 bits per heavy atom. The van der Waals surface area contributed by atoms with Gasteiger partial charge in [-0.3, -0.25) is 14.4 Å². The standard InChI is InChI=1S/C27H19NO7/c1-2-22(29)34-14-15-35-27(33)17-12-10-16(11-13-17)26(32)28-21-9-5-8-20-23(21)25(31)19-7-4-3-6-18(19)24(20)30/h2-13H,1,14-15H2,(H,28,32). The molecule has 0 aliphatic heterocycles. The Bertz CT molecular complexity index is 1370. The Morgan fingerprint density at radius 2 is 1.34 bits per heavy atom. The lowest BCUT2D eigenvalue weighted by Gasteiger charge is -2.20. The molecule has 1 aliphatic rings. The van der Waals surface area contributed by atoms with Crippen LogP contribution in [0.15, 0.2) is 79.4 Å². The highest BCUT2D eigenvalue weighted by Gasteiger charge is 2.31. The van der Waals surface area contributed by atoms with E-state index < -0.39 is 17.8 Å². The van der Waals surface area contributed by atoms with Gasteiger partial charge < -0.3 is 14.8 Å². The molecule has 0 fully saturated rings. The van der Waals surface area contributed by atoms with E-state index in [4.69, 9.17) is 9.47 Å². The fourth-order valence-corrected chi connectivity index (χ4v) is 3.62. The van der Waals surface area contributed by atoms with Crippen molar-refractivity contribution in [2.75, 3.05) is 18.5 Å². The van der Waals surface area contributed by atoms with Crippen molar-refractivity contribution in [1.82, 2.24) is 0 Å². The van der Waals surface area contributed by atoms with Gasteiger partial charge in [0.2, 0.25) is 0 Å². The summed E-state index contributed by atoms with van der Waals surface area (Å²) in [4.78, 5) is 61.9. The van der Waals surface area contributed by atoms with Crippen molar-refractivity contribution >= 4 is 35.1 Å². The molecule has 8 nitrogen and oxygen atoms in total. The van der Waals surface area contributed by atoms with Gasteiger partial charge in [0.1, 0.15) is 13.2 Å². The molecule has 3 aromatic carbocycles. The SMILES string of the molecule is C=CC(=O)OCCOC(=O)c1ccc(C(=O)Nc2cccc3c2C(=O)c2ccccc2C3=O)cc1. The summed E-state index contributed by atoms with van der Waals surface area (Å²) >= 11 is 0. The highest BCUT2D eigenvalue weighted by molar-refractivity contribution is 6.30. The number of amides is 1. The van der Waals surface area contributed by atoms with Crippen LogP contribution in [0.3, 0.4) is 0 Å². The quantitative estimate of drug-likeness (QED) is 0.250. The smallest absolute Gasteiger partial charge is 0.338 e. The number of ketones is 2. The van der Waals surface area contributed by atoms with Crippen LogP contribution in [0, 0.1) is 0 Å². The van der Waals surface area contributed by atoms with Crippen LogP contribution in [0.5, 0.6) is 0 Å². The molecule has 0 radical (unpaired) electrons. The summed E-state index contributed by atoms with van der Waals surface area (Å²) in [5.41, 5.74) is 1.63. The highest BCUT2D eigenvalue weighted by atomic mass is 16.6. The zero-order chi connectivity index (χ0) is 24.9. The largest absolute Gasteiger partial charge is 0.459 e. The van der Waals surface area contributed by atoms with Crippen LogP contribution in [0.2, 0.25) is 0 Å². The average Bonchev–Trinajstić information content (AvgIpc) is 2.89. The molecular formula is C27H19NO7. The van der Waals surface area contributed by atoms with E-state index in [1.54, 1.807) is 42.5 Å². The molecule has 174 valence electrons. The lowest BCUT2D eigenvalue weighted by molar-refractivity contribution is -0.138. The maximum absolute atomic E-state index is 13.1.